The fourth-order valence-electron chi connectivity index (χ4n) is 3.82. The number of hydrogen-bond acceptors (Lipinski definition) is 3. The molecule has 0 saturated carbocycles. The van der Waals surface area contributed by atoms with Gasteiger partial charge in [-0.05, 0) is 67.0 Å². The molecule has 3 rings (SSSR count). The molecule has 33 heavy (non-hydrogen) atoms. The Morgan fingerprint density at radius 2 is 1.45 bits per heavy atom. The highest BCUT2D eigenvalue weighted by molar-refractivity contribution is 5.64. The molecule has 0 amide bonds. The topological polar surface area (TPSA) is 35.0 Å². The van der Waals surface area contributed by atoms with Crippen LogP contribution in [0.2, 0.25) is 0 Å². The van der Waals surface area contributed by atoms with E-state index in [4.69, 9.17) is 4.74 Å². The molecule has 1 atom stereocenters. The summed E-state index contributed by atoms with van der Waals surface area (Å²) < 4.78 is 5.89. The van der Waals surface area contributed by atoms with Crippen molar-refractivity contribution in [1.82, 2.24) is 9.97 Å². The lowest BCUT2D eigenvalue weighted by Crippen LogP contribution is -1.98. The zero-order valence-electron chi connectivity index (χ0n) is 20.3. The van der Waals surface area contributed by atoms with Gasteiger partial charge in [-0.3, -0.25) is 0 Å². The number of rotatable bonds is 14. The van der Waals surface area contributed by atoms with E-state index in [0.717, 1.165) is 54.1 Å². The zero-order valence-corrected chi connectivity index (χ0v) is 20.3. The van der Waals surface area contributed by atoms with Gasteiger partial charge in [-0.25, -0.2) is 9.97 Å². The fraction of sp³-hybridized carbons (Fsp3) is 0.400. The van der Waals surface area contributed by atoms with E-state index in [9.17, 15) is 0 Å². The Balaban J connectivity index is 1.48. The SMILES string of the molecule is C=CCCCCCCCOc1ccc(-c2ncc(-c3ccc(CC(C)CC)cc3)cn2)cc1. The molecule has 0 fully saturated rings. The molecule has 0 saturated heterocycles. The molecule has 0 N–H and O–H groups in total. The second kappa shape index (κ2) is 13.6. The molecule has 0 bridgehead atoms. The van der Waals surface area contributed by atoms with Crippen molar-refractivity contribution in [1.29, 1.82) is 0 Å². The first-order valence-electron chi connectivity index (χ1n) is 12.4. The molecular formula is C30H38N2O. The second-order valence-corrected chi connectivity index (χ2v) is 8.93. The molecule has 0 aliphatic carbocycles. The summed E-state index contributed by atoms with van der Waals surface area (Å²) >= 11 is 0. The monoisotopic (exact) mass is 442 g/mol. The molecule has 3 heteroatoms. The number of nitrogens with zero attached hydrogens (tertiary/aromatic N) is 2. The molecule has 3 nitrogen and oxygen atoms in total. The van der Waals surface area contributed by atoms with Crippen LogP contribution in [0.15, 0.2) is 73.6 Å². The van der Waals surface area contributed by atoms with Gasteiger partial charge in [0.15, 0.2) is 5.82 Å². The van der Waals surface area contributed by atoms with Gasteiger partial charge in [-0.15, -0.1) is 6.58 Å². The Hall–Kier alpha value is -2.94. The van der Waals surface area contributed by atoms with Crippen LogP contribution in [-0.2, 0) is 6.42 Å². The predicted molar refractivity (Wildman–Crippen MR) is 139 cm³/mol. The average Bonchev–Trinajstić information content (AvgIpc) is 2.86. The van der Waals surface area contributed by atoms with Gasteiger partial charge in [-0.2, -0.15) is 0 Å². The van der Waals surface area contributed by atoms with Crippen molar-refractivity contribution in [2.75, 3.05) is 6.61 Å². The van der Waals surface area contributed by atoms with Crippen molar-refractivity contribution in [3.63, 3.8) is 0 Å². The highest BCUT2D eigenvalue weighted by Gasteiger charge is 2.06. The molecule has 1 heterocycles. The summed E-state index contributed by atoms with van der Waals surface area (Å²) in [6.45, 7) is 9.08. The van der Waals surface area contributed by atoms with Crippen molar-refractivity contribution >= 4 is 0 Å². The lowest BCUT2D eigenvalue weighted by molar-refractivity contribution is 0.304. The largest absolute Gasteiger partial charge is 0.494 e. The van der Waals surface area contributed by atoms with Gasteiger partial charge >= 0.3 is 0 Å². The Labute approximate surface area is 200 Å². The number of allylic oxidation sites excluding steroid dienone is 1. The van der Waals surface area contributed by atoms with Crippen molar-refractivity contribution < 1.29 is 4.74 Å². The number of benzene rings is 2. The normalized spacial score (nSPS) is 11.8. The molecule has 174 valence electrons. The van der Waals surface area contributed by atoms with Crippen LogP contribution in [0.4, 0.5) is 0 Å². The van der Waals surface area contributed by atoms with Crippen LogP contribution in [0.1, 0.15) is 64.4 Å². The first kappa shape index (κ1) is 24.7. The predicted octanol–water partition coefficient (Wildman–Crippen LogP) is 8.30. The Morgan fingerprint density at radius 1 is 0.818 bits per heavy atom. The van der Waals surface area contributed by atoms with Crippen LogP contribution in [0.5, 0.6) is 5.75 Å². The highest BCUT2D eigenvalue weighted by Crippen LogP contribution is 2.23. The molecule has 0 aliphatic rings. The van der Waals surface area contributed by atoms with Crippen LogP contribution in [0.3, 0.4) is 0 Å². The van der Waals surface area contributed by atoms with E-state index < -0.39 is 0 Å². The maximum atomic E-state index is 5.89. The van der Waals surface area contributed by atoms with Gasteiger partial charge in [0.05, 0.1) is 6.61 Å². The maximum Gasteiger partial charge on any atom is 0.159 e. The van der Waals surface area contributed by atoms with Crippen LogP contribution in [0, 0.1) is 5.92 Å². The van der Waals surface area contributed by atoms with E-state index in [1.54, 1.807) is 0 Å². The summed E-state index contributed by atoms with van der Waals surface area (Å²) in [5.74, 6) is 2.35. The third-order valence-electron chi connectivity index (χ3n) is 6.15. The van der Waals surface area contributed by atoms with Gasteiger partial charge in [-0.1, -0.05) is 69.9 Å². The summed E-state index contributed by atoms with van der Waals surface area (Å²) in [7, 11) is 0. The lowest BCUT2D eigenvalue weighted by Gasteiger charge is -2.09. The number of ether oxygens (including phenoxy) is 1. The number of unbranched alkanes of at least 4 members (excludes halogenated alkanes) is 5. The summed E-state index contributed by atoms with van der Waals surface area (Å²) in [4.78, 5) is 9.20. The van der Waals surface area contributed by atoms with Crippen LogP contribution >= 0.6 is 0 Å². The third kappa shape index (κ3) is 8.16. The van der Waals surface area contributed by atoms with Crippen molar-refractivity contribution in [2.24, 2.45) is 5.92 Å². The van der Waals surface area contributed by atoms with Gasteiger partial charge in [0.1, 0.15) is 5.75 Å². The van der Waals surface area contributed by atoms with Gasteiger partial charge in [0.25, 0.3) is 0 Å². The summed E-state index contributed by atoms with van der Waals surface area (Å²) in [6, 6.07) is 16.9. The number of hydrogen-bond donors (Lipinski definition) is 0. The van der Waals surface area contributed by atoms with Gasteiger partial charge in [0, 0.05) is 23.5 Å². The van der Waals surface area contributed by atoms with E-state index in [1.165, 1.54) is 37.7 Å². The smallest absolute Gasteiger partial charge is 0.159 e. The van der Waals surface area contributed by atoms with Crippen LogP contribution in [0.25, 0.3) is 22.5 Å². The first-order chi connectivity index (χ1) is 16.2. The van der Waals surface area contributed by atoms with Crippen LogP contribution < -0.4 is 4.74 Å². The molecular weight excluding hydrogens is 404 g/mol. The van der Waals surface area contributed by atoms with Gasteiger partial charge < -0.3 is 4.74 Å². The van der Waals surface area contributed by atoms with Crippen molar-refractivity contribution in [2.45, 2.75) is 65.2 Å². The van der Waals surface area contributed by atoms with E-state index in [0.29, 0.717) is 5.92 Å². The Kier molecular flexibility index (Phi) is 10.2. The molecule has 3 aromatic rings. The van der Waals surface area contributed by atoms with E-state index in [-0.39, 0.29) is 0 Å². The second-order valence-electron chi connectivity index (χ2n) is 8.93. The minimum atomic E-state index is 0.715. The molecule has 0 spiro atoms. The standard InChI is InChI=1S/C30H38N2O/c1-4-6-7-8-9-10-11-20-33-29-18-16-27(17-19-29)30-31-22-28(23-32-30)26-14-12-25(13-15-26)21-24(3)5-2/h4,12-19,22-24H,1,5-11,20-21H2,2-3H3. The quantitative estimate of drug-likeness (QED) is 0.186. The van der Waals surface area contributed by atoms with Gasteiger partial charge in [0.2, 0.25) is 0 Å². The Morgan fingerprint density at radius 3 is 2.12 bits per heavy atom. The third-order valence-corrected chi connectivity index (χ3v) is 6.15. The van der Waals surface area contributed by atoms with E-state index >= 15 is 0 Å². The average molecular weight is 443 g/mol. The fourth-order valence-corrected chi connectivity index (χ4v) is 3.82. The molecule has 1 unspecified atom stereocenters. The summed E-state index contributed by atoms with van der Waals surface area (Å²) in [6.07, 6.45) is 15.4. The highest BCUT2D eigenvalue weighted by atomic mass is 16.5. The van der Waals surface area contributed by atoms with E-state index in [1.807, 2.05) is 42.7 Å². The maximum absolute atomic E-state index is 5.89. The molecule has 2 aromatic carbocycles. The Bertz CT molecular complexity index is 946. The van der Waals surface area contributed by atoms with E-state index in [2.05, 4.69) is 54.7 Å². The summed E-state index contributed by atoms with van der Waals surface area (Å²) in [5.41, 5.74) is 4.58. The molecule has 1 aromatic heterocycles. The minimum Gasteiger partial charge on any atom is -0.494 e. The van der Waals surface area contributed by atoms with Crippen molar-refractivity contribution in [3.05, 3.63) is 79.1 Å². The minimum absolute atomic E-state index is 0.715. The first-order valence-corrected chi connectivity index (χ1v) is 12.4. The molecule has 0 radical (unpaired) electrons. The summed E-state index contributed by atoms with van der Waals surface area (Å²) in [5, 5.41) is 0. The molecule has 0 aliphatic heterocycles. The van der Waals surface area contributed by atoms with Crippen LogP contribution in [-0.4, -0.2) is 16.6 Å². The zero-order chi connectivity index (χ0) is 23.3. The van der Waals surface area contributed by atoms with Crippen molar-refractivity contribution in [3.8, 4) is 28.3 Å². The number of aromatic nitrogens is 2. The lowest BCUT2D eigenvalue weighted by atomic mass is 9.97.